The highest BCUT2D eigenvalue weighted by Crippen LogP contribution is 2.23. The van der Waals surface area contributed by atoms with E-state index in [2.05, 4.69) is 26.1 Å². The molecule has 4 nitrogen and oxygen atoms in total. The van der Waals surface area contributed by atoms with Gasteiger partial charge in [0.2, 0.25) is 4.77 Å². The lowest BCUT2D eigenvalue weighted by Gasteiger charge is -2.03. The summed E-state index contributed by atoms with van der Waals surface area (Å²) in [5.74, 6) is 0. The highest BCUT2D eigenvalue weighted by atomic mass is 79.9. The number of H-pyrrole nitrogens is 2. The number of hydrogen-bond acceptors (Lipinski definition) is 2. The molecule has 0 saturated carbocycles. The maximum absolute atomic E-state index is 11.4. The average Bonchev–Trinajstić information content (AvgIpc) is 2.51. The van der Waals surface area contributed by atoms with E-state index in [-0.39, 0.29) is 5.69 Å². The van der Waals surface area contributed by atoms with Gasteiger partial charge in [-0.15, -0.1) is 0 Å². The van der Waals surface area contributed by atoms with Crippen LogP contribution < -0.4 is 5.69 Å². The van der Waals surface area contributed by atoms with Gasteiger partial charge in [0, 0.05) is 9.50 Å². The summed E-state index contributed by atoms with van der Waals surface area (Å²) in [7, 11) is 0. The number of halogens is 2. The zero-order chi connectivity index (χ0) is 11.0. The van der Waals surface area contributed by atoms with Gasteiger partial charge in [-0.1, -0.05) is 11.6 Å². The number of aromatic amines is 2. The number of nitrogens with one attached hydrogen (secondary N) is 2. The number of rotatable bonds is 1. The van der Waals surface area contributed by atoms with E-state index >= 15 is 0 Å². The van der Waals surface area contributed by atoms with Crippen LogP contribution in [0.1, 0.15) is 0 Å². The predicted molar refractivity (Wildman–Crippen MR) is 64.3 cm³/mol. The van der Waals surface area contributed by atoms with E-state index in [4.69, 9.17) is 23.8 Å². The van der Waals surface area contributed by atoms with E-state index in [0.717, 1.165) is 4.47 Å². The summed E-state index contributed by atoms with van der Waals surface area (Å²) < 4.78 is 2.36. The molecule has 1 aromatic heterocycles. The van der Waals surface area contributed by atoms with Gasteiger partial charge in [-0.2, -0.15) is 0 Å². The van der Waals surface area contributed by atoms with Crippen molar-refractivity contribution in [3.05, 3.63) is 42.9 Å². The van der Waals surface area contributed by atoms with Gasteiger partial charge < -0.3 is 0 Å². The number of aromatic nitrogens is 3. The van der Waals surface area contributed by atoms with Crippen molar-refractivity contribution < 1.29 is 0 Å². The van der Waals surface area contributed by atoms with E-state index < -0.39 is 0 Å². The van der Waals surface area contributed by atoms with Gasteiger partial charge in [0.05, 0.1) is 5.69 Å². The van der Waals surface area contributed by atoms with Gasteiger partial charge >= 0.3 is 5.69 Å². The molecule has 0 fully saturated rings. The van der Waals surface area contributed by atoms with Gasteiger partial charge in [0.1, 0.15) is 0 Å². The maximum Gasteiger partial charge on any atom is 0.347 e. The molecule has 0 saturated heterocycles. The Morgan fingerprint density at radius 3 is 2.73 bits per heavy atom. The van der Waals surface area contributed by atoms with Crippen molar-refractivity contribution in [2.24, 2.45) is 0 Å². The third-order valence-electron chi connectivity index (χ3n) is 1.83. The van der Waals surface area contributed by atoms with Crippen molar-refractivity contribution in [1.82, 2.24) is 14.8 Å². The minimum atomic E-state index is -0.331. The van der Waals surface area contributed by atoms with E-state index in [1.165, 1.54) is 4.57 Å². The number of nitrogens with zero attached hydrogens (tertiary/aromatic N) is 1. The Kier molecular flexibility index (Phi) is 2.81. The molecule has 0 radical (unpaired) electrons. The van der Waals surface area contributed by atoms with Gasteiger partial charge in [0.15, 0.2) is 0 Å². The first kappa shape index (κ1) is 10.7. The van der Waals surface area contributed by atoms with E-state index in [1.54, 1.807) is 18.2 Å². The summed E-state index contributed by atoms with van der Waals surface area (Å²) in [5.41, 5.74) is 0.276. The molecule has 7 heteroatoms. The molecule has 0 aliphatic carbocycles. The summed E-state index contributed by atoms with van der Waals surface area (Å²) >= 11 is 14.1. The summed E-state index contributed by atoms with van der Waals surface area (Å²) in [6.07, 6.45) is 0. The van der Waals surface area contributed by atoms with Crippen LogP contribution in [0.2, 0.25) is 5.02 Å². The lowest BCUT2D eigenvalue weighted by Crippen LogP contribution is -2.15. The van der Waals surface area contributed by atoms with E-state index in [0.29, 0.717) is 15.5 Å². The molecule has 1 aromatic carbocycles. The van der Waals surface area contributed by atoms with Crippen LogP contribution in [-0.4, -0.2) is 14.8 Å². The molecule has 1 heterocycles. The highest BCUT2D eigenvalue weighted by Gasteiger charge is 2.07. The van der Waals surface area contributed by atoms with Crippen LogP contribution in [0, 0.1) is 4.77 Å². The van der Waals surface area contributed by atoms with Crippen molar-refractivity contribution >= 4 is 39.7 Å². The average molecular weight is 307 g/mol. The van der Waals surface area contributed by atoms with Crippen LogP contribution in [0.5, 0.6) is 0 Å². The van der Waals surface area contributed by atoms with Crippen LogP contribution >= 0.6 is 39.7 Å². The Labute approximate surface area is 103 Å². The Morgan fingerprint density at radius 2 is 2.13 bits per heavy atom. The van der Waals surface area contributed by atoms with Crippen molar-refractivity contribution in [1.29, 1.82) is 0 Å². The quantitative estimate of drug-likeness (QED) is 0.796. The predicted octanol–water partition coefficient (Wildman–Crippen LogP) is 2.64. The molecule has 2 N–H and O–H groups in total. The lowest BCUT2D eigenvalue weighted by molar-refractivity contribution is 0.970. The van der Waals surface area contributed by atoms with Gasteiger partial charge in [-0.25, -0.2) is 14.5 Å². The molecule has 78 valence electrons. The smallest absolute Gasteiger partial charge is 0.272 e. The standard InChI is InChI=1S/C8H5BrClN3OS/c9-5-2-1-4(10)3-6(5)13-7(14)11-12-8(13)15/h1-3H,(H,11,14)(H,12,15). The molecular formula is C8H5BrClN3OS. The largest absolute Gasteiger partial charge is 0.347 e. The second kappa shape index (κ2) is 3.96. The van der Waals surface area contributed by atoms with E-state index in [9.17, 15) is 4.79 Å². The second-order valence-electron chi connectivity index (χ2n) is 2.79. The number of benzene rings is 1. The summed E-state index contributed by atoms with van der Waals surface area (Å²) in [6.45, 7) is 0. The summed E-state index contributed by atoms with van der Waals surface area (Å²) in [6, 6.07) is 5.13. The van der Waals surface area contributed by atoms with Crippen molar-refractivity contribution in [3.63, 3.8) is 0 Å². The van der Waals surface area contributed by atoms with Crippen LogP contribution in [-0.2, 0) is 0 Å². The molecular weight excluding hydrogens is 302 g/mol. The number of hydrogen-bond donors (Lipinski definition) is 2. The molecule has 2 rings (SSSR count). The second-order valence-corrected chi connectivity index (χ2v) is 4.47. The molecule has 0 aliphatic rings. The fourth-order valence-corrected chi connectivity index (χ4v) is 2.01. The Balaban J connectivity index is 2.79. The molecule has 0 unspecified atom stereocenters. The summed E-state index contributed by atoms with van der Waals surface area (Å²) in [4.78, 5) is 11.4. The normalized spacial score (nSPS) is 10.5. The molecule has 2 aromatic rings. The van der Waals surface area contributed by atoms with Crippen molar-refractivity contribution in [3.8, 4) is 5.69 Å². The van der Waals surface area contributed by atoms with Gasteiger partial charge in [-0.3, -0.25) is 5.10 Å². The molecule has 0 spiro atoms. The fraction of sp³-hybridized carbons (Fsp3) is 0. The van der Waals surface area contributed by atoms with Crippen LogP contribution in [0.3, 0.4) is 0 Å². The minimum absolute atomic E-state index is 0.294. The molecule has 15 heavy (non-hydrogen) atoms. The third-order valence-corrected chi connectivity index (χ3v) is 3.02. The SMILES string of the molecule is O=c1[nH][nH]c(=S)n1-c1cc(Cl)ccc1Br. The van der Waals surface area contributed by atoms with E-state index in [1.807, 2.05) is 0 Å². The van der Waals surface area contributed by atoms with Crippen LogP contribution in [0.25, 0.3) is 5.69 Å². The molecule has 0 atom stereocenters. The highest BCUT2D eigenvalue weighted by molar-refractivity contribution is 9.10. The maximum atomic E-state index is 11.4. The molecule has 0 aliphatic heterocycles. The first-order valence-electron chi connectivity index (χ1n) is 3.95. The zero-order valence-electron chi connectivity index (χ0n) is 7.25. The Hall–Kier alpha value is -0.850. The Morgan fingerprint density at radius 1 is 1.40 bits per heavy atom. The molecule has 0 amide bonds. The van der Waals surface area contributed by atoms with Crippen LogP contribution in [0.4, 0.5) is 0 Å². The monoisotopic (exact) mass is 305 g/mol. The summed E-state index contributed by atoms with van der Waals surface area (Å²) in [5, 5.41) is 5.49. The zero-order valence-corrected chi connectivity index (χ0v) is 10.4. The third kappa shape index (κ3) is 1.92. The Bertz CT molecular complexity index is 587. The van der Waals surface area contributed by atoms with Crippen molar-refractivity contribution in [2.75, 3.05) is 0 Å². The van der Waals surface area contributed by atoms with Gasteiger partial charge in [-0.05, 0) is 46.3 Å². The van der Waals surface area contributed by atoms with Crippen LogP contribution in [0.15, 0.2) is 27.5 Å². The fourth-order valence-electron chi connectivity index (χ4n) is 1.19. The first-order valence-corrected chi connectivity index (χ1v) is 5.52. The first-order chi connectivity index (χ1) is 7.09. The van der Waals surface area contributed by atoms with Gasteiger partial charge in [0.25, 0.3) is 0 Å². The lowest BCUT2D eigenvalue weighted by atomic mass is 10.3. The molecule has 0 bridgehead atoms. The topological polar surface area (TPSA) is 53.6 Å². The minimum Gasteiger partial charge on any atom is -0.272 e. The van der Waals surface area contributed by atoms with Crippen molar-refractivity contribution in [2.45, 2.75) is 0 Å².